The van der Waals surface area contributed by atoms with Gasteiger partial charge >= 0.3 is 5.91 Å². The first kappa shape index (κ1) is 22.5. The quantitative estimate of drug-likeness (QED) is 0.425. The minimum Gasteiger partial charge on any atom is -0.326 e. The minimum atomic E-state index is 0. The predicted octanol–water partition coefficient (Wildman–Crippen LogP) is 2.73. The van der Waals surface area contributed by atoms with Gasteiger partial charge in [-0.05, 0) is 26.6 Å². The molecule has 0 spiro atoms. The molecule has 0 unspecified atom stereocenters. The van der Waals surface area contributed by atoms with E-state index in [2.05, 4.69) is 47.5 Å². The van der Waals surface area contributed by atoms with Crippen molar-refractivity contribution in [2.45, 2.75) is 26.3 Å². The molecule has 28 heavy (non-hydrogen) atoms. The van der Waals surface area contributed by atoms with Crippen molar-refractivity contribution < 1.29 is 30.3 Å². The molecule has 1 aromatic heterocycles. The first-order valence-corrected chi connectivity index (χ1v) is 9.43. The van der Waals surface area contributed by atoms with E-state index >= 15 is 0 Å². The van der Waals surface area contributed by atoms with Crippen molar-refractivity contribution in [3.63, 3.8) is 0 Å². The Morgan fingerprint density at radius 2 is 2.11 bits per heavy atom. The van der Waals surface area contributed by atoms with Gasteiger partial charge in [-0.2, -0.15) is 30.3 Å². The van der Waals surface area contributed by atoms with Crippen LogP contribution in [0.4, 0.5) is 5.82 Å². The van der Waals surface area contributed by atoms with Gasteiger partial charge in [0.25, 0.3) is 0 Å². The van der Waals surface area contributed by atoms with Gasteiger partial charge in [-0.3, -0.25) is 5.32 Å². The van der Waals surface area contributed by atoms with Crippen molar-refractivity contribution in [3.8, 4) is 0 Å². The molecule has 0 radical (unpaired) electrons. The van der Waals surface area contributed by atoms with Gasteiger partial charge in [0.05, 0.1) is 14.1 Å². The van der Waals surface area contributed by atoms with E-state index in [1.165, 1.54) is 0 Å². The maximum Gasteiger partial charge on any atom is 0.372 e. The number of quaternary nitrogens is 1. The van der Waals surface area contributed by atoms with Crippen LogP contribution in [-0.4, -0.2) is 59.1 Å². The molecule has 1 amide bonds. The summed E-state index contributed by atoms with van der Waals surface area (Å²) in [5, 5.41) is 3.24. The van der Waals surface area contributed by atoms with E-state index < -0.39 is 0 Å². The smallest absolute Gasteiger partial charge is 0.326 e. The van der Waals surface area contributed by atoms with E-state index in [-0.39, 0.29) is 31.5 Å². The van der Waals surface area contributed by atoms with Crippen LogP contribution in [0.25, 0.3) is 0 Å². The summed E-state index contributed by atoms with van der Waals surface area (Å²) in [6.07, 6.45) is 1.90. The van der Waals surface area contributed by atoms with Crippen LogP contribution in [-0.2, 0) is 34.0 Å². The fraction of sp³-hybridized carbons (Fsp3) is 0.429. The summed E-state index contributed by atoms with van der Waals surface area (Å²) in [6.45, 7) is 8.74. The molecular formula is C21H29N5OW. The van der Waals surface area contributed by atoms with Crippen LogP contribution in [0.3, 0.4) is 0 Å². The number of nitrogens with one attached hydrogen (secondary N) is 1. The summed E-state index contributed by atoms with van der Waals surface area (Å²) in [5.41, 5.74) is 1.73. The number of hydrogen-bond acceptors (Lipinski definition) is 4. The number of nitrogens with zero attached hydrogens (tertiary/aromatic N) is 4. The zero-order valence-electron chi connectivity index (χ0n) is 17.2. The van der Waals surface area contributed by atoms with Crippen molar-refractivity contribution in [2.75, 3.05) is 39.5 Å². The molecule has 0 saturated carbocycles. The molecule has 7 heteroatoms. The van der Waals surface area contributed by atoms with Gasteiger partial charge in [0.2, 0.25) is 5.82 Å². The summed E-state index contributed by atoms with van der Waals surface area (Å²) >= 11 is 0. The Balaban J connectivity index is 0.00000280. The molecule has 0 fully saturated rings. The predicted molar refractivity (Wildman–Crippen MR) is 107 cm³/mol. The zero-order valence-corrected chi connectivity index (χ0v) is 20.1. The summed E-state index contributed by atoms with van der Waals surface area (Å²) in [5.74, 6) is 2.19. The van der Waals surface area contributed by atoms with E-state index in [0.29, 0.717) is 23.9 Å². The second-order valence-corrected chi connectivity index (χ2v) is 7.61. The number of aromatic nitrogens is 2. The van der Waals surface area contributed by atoms with Crippen molar-refractivity contribution in [1.29, 1.82) is 0 Å². The monoisotopic (exact) mass is 551 g/mol. The van der Waals surface area contributed by atoms with Crippen LogP contribution >= 0.6 is 0 Å². The zero-order chi connectivity index (χ0) is 19.6. The maximum atomic E-state index is 13.2. The Morgan fingerprint density at radius 3 is 2.75 bits per heavy atom. The third-order valence-electron chi connectivity index (χ3n) is 5.13. The molecule has 1 aliphatic rings. The largest absolute Gasteiger partial charge is 0.372 e. The normalized spacial score (nSPS) is 15.2. The molecule has 0 saturated heterocycles. The Hall–Kier alpha value is -1.75. The summed E-state index contributed by atoms with van der Waals surface area (Å²) in [4.78, 5) is 20.3. The van der Waals surface area contributed by atoms with Crippen molar-refractivity contribution in [3.05, 3.63) is 59.8 Å². The maximum absolute atomic E-state index is 13.2. The summed E-state index contributed by atoms with van der Waals surface area (Å²) in [6, 6.07) is 11.0. The molecule has 1 aliphatic heterocycles. The number of imidazole rings is 1. The number of rotatable bonds is 7. The number of amides is 1. The third kappa shape index (κ3) is 4.45. The minimum absolute atomic E-state index is 0. The van der Waals surface area contributed by atoms with Crippen LogP contribution in [0.5, 0.6) is 0 Å². The van der Waals surface area contributed by atoms with Crippen LogP contribution < -0.4 is 5.32 Å². The second-order valence-electron chi connectivity index (χ2n) is 7.61. The topological polar surface area (TPSA) is 50.2 Å². The van der Waals surface area contributed by atoms with E-state index in [1.807, 2.05) is 32.3 Å². The molecular weight excluding hydrogens is 522 g/mol. The van der Waals surface area contributed by atoms with Gasteiger partial charge in [-0.1, -0.05) is 6.92 Å². The van der Waals surface area contributed by atoms with Crippen molar-refractivity contribution in [2.24, 2.45) is 0 Å². The van der Waals surface area contributed by atoms with Gasteiger partial charge in [0.15, 0.2) is 11.5 Å². The third-order valence-corrected chi connectivity index (χ3v) is 5.13. The first-order chi connectivity index (χ1) is 12.8. The number of fused-ring (bicyclic) bond motifs is 1. The average Bonchev–Trinajstić information content (AvgIpc) is 2.96. The molecule has 150 valence electrons. The molecule has 0 bridgehead atoms. The number of hydrogen-bond donors (Lipinski definition) is 1. The van der Waals surface area contributed by atoms with Gasteiger partial charge in [0, 0.05) is 40.6 Å². The van der Waals surface area contributed by atoms with Crippen LogP contribution in [0.15, 0.2) is 36.7 Å². The second kappa shape index (κ2) is 9.16. The molecule has 6 nitrogen and oxygen atoms in total. The molecule has 0 aliphatic carbocycles. The number of carbonyl (C=O) groups excluding carboxylic acids is 1. The fourth-order valence-corrected chi connectivity index (χ4v) is 3.32. The Bertz CT molecular complexity index is 844. The molecule has 2 heterocycles. The van der Waals surface area contributed by atoms with Crippen molar-refractivity contribution >= 4 is 11.7 Å². The molecule has 3 rings (SSSR count). The van der Waals surface area contributed by atoms with Crippen molar-refractivity contribution in [1.82, 2.24) is 14.5 Å². The number of likely N-dealkylation sites (N-methyl/N-ethyl adjacent to an activating group) is 1. The van der Waals surface area contributed by atoms with Gasteiger partial charge in [0.1, 0.15) is 5.82 Å². The first-order valence-electron chi connectivity index (χ1n) is 9.43. The standard InChI is InChI=1S/C21H29N5O.W/c1-6-13-24(3)14-12-18-23-20-19(21(27)26(4,5)16(2)22-20)25(18)15-17-10-8-7-9-11-17;/h7-8,10-11,22H,2,6,12-15H2,1,3-5H3;. The van der Waals surface area contributed by atoms with Gasteiger partial charge in [-0.25, -0.2) is 14.3 Å². The Labute approximate surface area is 182 Å². The molecule has 1 N–H and O–H groups in total. The van der Waals surface area contributed by atoms with Crippen LogP contribution in [0.2, 0.25) is 0 Å². The summed E-state index contributed by atoms with van der Waals surface area (Å²) in [7, 11) is 5.82. The van der Waals surface area contributed by atoms with E-state index in [0.717, 1.165) is 37.3 Å². The Kier molecular flexibility index (Phi) is 7.38. The van der Waals surface area contributed by atoms with Gasteiger partial charge in [-0.15, -0.1) is 5.56 Å². The average molecular weight is 551 g/mol. The van der Waals surface area contributed by atoms with E-state index in [1.54, 1.807) is 0 Å². The van der Waals surface area contributed by atoms with E-state index in [9.17, 15) is 4.79 Å². The number of carbonyl (C=O) groups is 1. The molecule has 1 aromatic carbocycles. The van der Waals surface area contributed by atoms with Gasteiger partial charge < -0.3 is 9.47 Å². The summed E-state index contributed by atoms with van der Waals surface area (Å²) < 4.78 is 2.13. The SMILES string of the molecule is C=C1Nc2nc(CCN(C)CCC)n(Cc3c[c-]ccc3)c2C(=O)[N+]1(C)C.[W]. The number of benzene rings is 1. The number of anilines is 1. The Morgan fingerprint density at radius 1 is 1.36 bits per heavy atom. The van der Waals surface area contributed by atoms with Crippen LogP contribution in [0, 0.1) is 6.07 Å². The van der Waals surface area contributed by atoms with Crippen LogP contribution in [0.1, 0.15) is 35.2 Å². The fourth-order valence-electron chi connectivity index (χ4n) is 3.32. The van der Waals surface area contributed by atoms with E-state index in [4.69, 9.17) is 4.98 Å². The molecule has 2 aromatic rings. The molecule has 0 atom stereocenters.